The van der Waals surface area contributed by atoms with Gasteiger partial charge >= 0.3 is 0 Å². The third-order valence-corrected chi connectivity index (χ3v) is 3.17. The Morgan fingerprint density at radius 3 is 2.31 bits per heavy atom. The lowest BCUT2D eigenvalue weighted by Gasteiger charge is -2.10. The van der Waals surface area contributed by atoms with E-state index >= 15 is 0 Å². The highest BCUT2D eigenvalue weighted by Gasteiger charge is 2.10. The molecule has 0 radical (unpaired) electrons. The number of rotatable bonds is 2. The molecule has 16 heavy (non-hydrogen) atoms. The van der Waals surface area contributed by atoms with E-state index in [1.165, 1.54) is 0 Å². The molecule has 0 heterocycles. The molecule has 0 fully saturated rings. The minimum atomic E-state index is 0.546. The second-order valence-electron chi connectivity index (χ2n) is 3.30. The number of benzene rings is 2. The van der Waals surface area contributed by atoms with Crippen LogP contribution in [0.4, 0.5) is 0 Å². The van der Waals surface area contributed by atoms with E-state index < -0.39 is 0 Å². The van der Waals surface area contributed by atoms with Gasteiger partial charge in [-0.25, -0.2) is 0 Å². The number of hydrogen-bond donors (Lipinski definition) is 0. The average Bonchev–Trinajstić information content (AvgIpc) is 2.33. The van der Waals surface area contributed by atoms with Crippen LogP contribution >= 0.6 is 23.2 Å². The zero-order valence-corrected chi connectivity index (χ0v) is 10.2. The molecule has 2 aromatic carbocycles. The molecule has 0 bridgehead atoms. The predicted octanol–water partition coefficient (Wildman–Crippen LogP) is 4.67. The molecule has 0 amide bonds. The van der Waals surface area contributed by atoms with Crippen LogP contribution in [-0.4, -0.2) is 7.11 Å². The lowest BCUT2D eigenvalue weighted by molar-refractivity contribution is 0.416. The summed E-state index contributed by atoms with van der Waals surface area (Å²) in [6.07, 6.45) is 0. The fourth-order valence-corrected chi connectivity index (χ4v) is 1.98. The van der Waals surface area contributed by atoms with Gasteiger partial charge in [0, 0.05) is 11.1 Å². The molecule has 0 spiro atoms. The van der Waals surface area contributed by atoms with Gasteiger partial charge in [-0.05, 0) is 12.1 Å². The minimum absolute atomic E-state index is 0.546. The molecule has 0 unspecified atom stereocenters. The van der Waals surface area contributed by atoms with E-state index in [9.17, 15) is 0 Å². The van der Waals surface area contributed by atoms with Crippen molar-refractivity contribution < 1.29 is 4.74 Å². The second-order valence-corrected chi connectivity index (χ2v) is 4.09. The van der Waals surface area contributed by atoms with E-state index in [0.717, 1.165) is 16.9 Å². The van der Waals surface area contributed by atoms with Gasteiger partial charge in [-0.1, -0.05) is 53.5 Å². The summed E-state index contributed by atoms with van der Waals surface area (Å²) in [5.74, 6) is 0.784. The van der Waals surface area contributed by atoms with Crippen LogP contribution < -0.4 is 4.74 Å². The summed E-state index contributed by atoms with van der Waals surface area (Å²) in [4.78, 5) is 0. The molecule has 1 nitrogen and oxygen atoms in total. The molecule has 0 saturated carbocycles. The number of methoxy groups -OCH3 is 1. The molecule has 3 heteroatoms. The van der Waals surface area contributed by atoms with Crippen LogP contribution in [0.25, 0.3) is 11.1 Å². The van der Waals surface area contributed by atoms with Crippen molar-refractivity contribution in [1.29, 1.82) is 0 Å². The van der Waals surface area contributed by atoms with E-state index in [0.29, 0.717) is 10.0 Å². The Balaban J connectivity index is 2.63. The number of halogens is 2. The van der Waals surface area contributed by atoms with E-state index in [1.807, 2.05) is 36.4 Å². The third-order valence-electron chi connectivity index (χ3n) is 2.35. The molecule has 2 rings (SSSR count). The summed E-state index contributed by atoms with van der Waals surface area (Å²) in [6, 6.07) is 13.3. The SMILES string of the molecule is COc1ccccc1-c1cccc(Cl)c1Cl. The van der Waals surface area contributed by atoms with Crippen molar-refractivity contribution in [3.8, 4) is 16.9 Å². The first kappa shape index (κ1) is 11.3. The first-order chi connectivity index (χ1) is 7.74. The first-order valence-electron chi connectivity index (χ1n) is 4.81. The monoisotopic (exact) mass is 252 g/mol. The topological polar surface area (TPSA) is 9.23 Å². The van der Waals surface area contributed by atoms with Gasteiger partial charge in [0.05, 0.1) is 17.2 Å². The molecule has 82 valence electrons. The maximum absolute atomic E-state index is 6.17. The van der Waals surface area contributed by atoms with Crippen LogP contribution in [0.15, 0.2) is 42.5 Å². The lowest BCUT2D eigenvalue weighted by Crippen LogP contribution is -1.88. The summed E-state index contributed by atoms with van der Waals surface area (Å²) < 4.78 is 5.29. The van der Waals surface area contributed by atoms with Gasteiger partial charge in [-0.2, -0.15) is 0 Å². The van der Waals surface area contributed by atoms with Gasteiger partial charge in [-0.3, -0.25) is 0 Å². The zero-order valence-electron chi connectivity index (χ0n) is 8.71. The molecule has 0 N–H and O–H groups in total. The Morgan fingerprint density at radius 2 is 1.56 bits per heavy atom. The van der Waals surface area contributed by atoms with E-state index in [2.05, 4.69) is 0 Å². The molecule has 0 aliphatic heterocycles. The van der Waals surface area contributed by atoms with Crippen molar-refractivity contribution in [2.75, 3.05) is 7.11 Å². The molecule has 0 aliphatic rings. The van der Waals surface area contributed by atoms with Crippen LogP contribution in [0.5, 0.6) is 5.75 Å². The summed E-state index contributed by atoms with van der Waals surface area (Å²) in [6.45, 7) is 0. The van der Waals surface area contributed by atoms with Gasteiger partial charge in [0.2, 0.25) is 0 Å². The smallest absolute Gasteiger partial charge is 0.126 e. The molecular formula is C13H10Cl2O. The summed E-state index contributed by atoms with van der Waals surface area (Å²) in [5.41, 5.74) is 1.82. The van der Waals surface area contributed by atoms with Gasteiger partial charge in [0.15, 0.2) is 0 Å². The van der Waals surface area contributed by atoms with Crippen LogP contribution in [-0.2, 0) is 0 Å². The van der Waals surface area contributed by atoms with E-state index in [4.69, 9.17) is 27.9 Å². The van der Waals surface area contributed by atoms with E-state index in [1.54, 1.807) is 13.2 Å². The van der Waals surface area contributed by atoms with Gasteiger partial charge < -0.3 is 4.74 Å². The Morgan fingerprint density at radius 1 is 0.875 bits per heavy atom. The Labute approximate surface area is 105 Å². The molecule has 0 aliphatic carbocycles. The fraction of sp³-hybridized carbons (Fsp3) is 0.0769. The third kappa shape index (κ3) is 2.01. The quantitative estimate of drug-likeness (QED) is 0.755. The van der Waals surface area contributed by atoms with Crippen molar-refractivity contribution in [3.63, 3.8) is 0 Å². The van der Waals surface area contributed by atoms with E-state index in [-0.39, 0.29) is 0 Å². The van der Waals surface area contributed by atoms with Crippen LogP contribution in [0.2, 0.25) is 10.0 Å². The Kier molecular flexibility index (Phi) is 3.37. The maximum atomic E-state index is 6.17. The first-order valence-corrected chi connectivity index (χ1v) is 5.57. The largest absolute Gasteiger partial charge is 0.496 e. The maximum Gasteiger partial charge on any atom is 0.126 e. The standard InChI is InChI=1S/C13H10Cl2O/c1-16-12-8-3-2-5-9(12)10-6-4-7-11(14)13(10)15/h2-8H,1H3. The molecule has 2 aromatic rings. The predicted molar refractivity (Wildman–Crippen MR) is 68.5 cm³/mol. The number of ether oxygens (including phenoxy) is 1. The molecule has 0 aromatic heterocycles. The van der Waals surface area contributed by atoms with Crippen molar-refractivity contribution in [1.82, 2.24) is 0 Å². The highest BCUT2D eigenvalue weighted by molar-refractivity contribution is 6.43. The second kappa shape index (κ2) is 4.77. The van der Waals surface area contributed by atoms with Crippen LogP contribution in [0.1, 0.15) is 0 Å². The summed E-state index contributed by atoms with van der Waals surface area (Å²) >= 11 is 12.2. The van der Waals surface area contributed by atoms with Crippen LogP contribution in [0.3, 0.4) is 0 Å². The van der Waals surface area contributed by atoms with Crippen molar-refractivity contribution in [2.24, 2.45) is 0 Å². The normalized spacial score (nSPS) is 10.2. The molecule has 0 saturated heterocycles. The fourth-order valence-electron chi connectivity index (χ4n) is 1.58. The highest BCUT2D eigenvalue weighted by atomic mass is 35.5. The molecular weight excluding hydrogens is 243 g/mol. The summed E-state index contributed by atoms with van der Waals surface area (Å²) in [7, 11) is 1.64. The lowest BCUT2D eigenvalue weighted by atomic mass is 10.0. The van der Waals surface area contributed by atoms with Crippen LogP contribution in [0, 0.1) is 0 Å². The van der Waals surface area contributed by atoms with Gasteiger partial charge in [-0.15, -0.1) is 0 Å². The molecule has 0 atom stereocenters. The zero-order chi connectivity index (χ0) is 11.5. The highest BCUT2D eigenvalue weighted by Crippen LogP contribution is 2.37. The van der Waals surface area contributed by atoms with Crippen molar-refractivity contribution in [3.05, 3.63) is 52.5 Å². The number of hydrogen-bond acceptors (Lipinski definition) is 1. The van der Waals surface area contributed by atoms with Crippen molar-refractivity contribution >= 4 is 23.2 Å². The average molecular weight is 253 g/mol. The van der Waals surface area contributed by atoms with Crippen molar-refractivity contribution in [2.45, 2.75) is 0 Å². The van der Waals surface area contributed by atoms with Gasteiger partial charge in [0.25, 0.3) is 0 Å². The Bertz CT molecular complexity index is 509. The number of para-hydroxylation sites is 1. The van der Waals surface area contributed by atoms with Gasteiger partial charge in [0.1, 0.15) is 5.75 Å². The summed E-state index contributed by atoms with van der Waals surface area (Å²) in [5, 5.41) is 1.10. The Hall–Kier alpha value is -1.18. The minimum Gasteiger partial charge on any atom is -0.496 e.